The lowest BCUT2D eigenvalue weighted by Gasteiger charge is -2.23. The van der Waals surface area contributed by atoms with Crippen LogP contribution in [-0.4, -0.2) is 19.0 Å². The highest BCUT2D eigenvalue weighted by atomic mass is 16.2. The van der Waals surface area contributed by atoms with Gasteiger partial charge in [-0.25, -0.2) is 0 Å². The lowest BCUT2D eigenvalue weighted by Crippen LogP contribution is -2.33. The molecule has 3 heteroatoms. The Bertz CT molecular complexity index is 566. The largest absolute Gasteiger partial charge is 0.330 e. The molecule has 0 heterocycles. The molecule has 0 aliphatic rings. The van der Waals surface area contributed by atoms with Gasteiger partial charge in [0.1, 0.15) is 0 Å². The molecule has 0 unspecified atom stereocenters. The van der Waals surface area contributed by atoms with Crippen LogP contribution >= 0.6 is 0 Å². The van der Waals surface area contributed by atoms with Crippen LogP contribution in [0.5, 0.6) is 0 Å². The van der Waals surface area contributed by atoms with Crippen LogP contribution in [0.1, 0.15) is 22.3 Å². The van der Waals surface area contributed by atoms with Crippen LogP contribution in [0.2, 0.25) is 0 Å². The van der Waals surface area contributed by atoms with Crippen LogP contribution in [0.4, 0.5) is 5.69 Å². The van der Waals surface area contributed by atoms with E-state index in [2.05, 4.69) is 0 Å². The number of aryl methyl sites for hydroxylation is 1. The molecule has 0 bridgehead atoms. The fourth-order valence-electron chi connectivity index (χ4n) is 2.13. The number of anilines is 1. The number of carbonyl (C=O) groups is 1. The van der Waals surface area contributed by atoms with Gasteiger partial charge in [-0.1, -0.05) is 30.3 Å². The highest BCUT2D eigenvalue weighted by Gasteiger charge is 2.16. The van der Waals surface area contributed by atoms with E-state index in [-0.39, 0.29) is 5.91 Å². The van der Waals surface area contributed by atoms with Gasteiger partial charge in [-0.2, -0.15) is 0 Å². The molecule has 0 aliphatic heterocycles. The van der Waals surface area contributed by atoms with Gasteiger partial charge in [-0.3, -0.25) is 4.79 Å². The van der Waals surface area contributed by atoms with E-state index in [4.69, 9.17) is 5.73 Å². The van der Waals surface area contributed by atoms with Crippen LogP contribution in [0.15, 0.2) is 54.6 Å². The van der Waals surface area contributed by atoms with Crippen molar-refractivity contribution in [2.24, 2.45) is 5.73 Å². The van der Waals surface area contributed by atoms with Crippen molar-refractivity contribution in [1.82, 2.24) is 0 Å². The standard InChI is InChI=1S/C17H20N2O/c1-14-7-5-10-16(13-14)19(12-6-11-18)17(20)15-8-3-2-4-9-15/h2-5,7-10,13H,6,11-12,18H2,1H3. The minimum atomic E-state index is 0.0182. The summed E-state index contributed by atoms with van der Waals surface area (Å²) in [5.74, 6) is 0.0182. The van der Waals surface area contributed by atoms with Crippen molar-refractivity contribution in [3.05, 3.63) is 65.7 Å². The van der Waals surface area contributed by atoms with Crippen LogP contribution in [0.25, 0.3) is 0 Å². The first-order valence-electron chi connectivity index (χ1n) is 6.86. The number of hydrogen-bond acceptors (Lipinski definition) is 2. The van der Waals surface area contributed by atoms with Crippen molar-refractivity contribution in [1.29, 1.82) is 0 Å². The zero-order valence-corrected chi connectivity index (χ0v) is 11.8. The number of carbonyl (C=O) groups excluding carboxylic acids is 1. The molecule has 2 rings (SSSR count). The molecule has 2 N–H and O–H groups in total. The Morgan fingerprint density at radius 2 is 1.85 bits per heavy atom. The van der Waals surface area contributed by atoms with Gasteiger partial charge in [-0.05, 0) is 49.7 Å². The molecule has 20 heavy (non-hydrogen) atoms. The highest BCUT2D eigenvalue weighted by molar-refractivity contribution is 6.06. The summed E-state index contributed by atoms with van der Waals surface area (Å²) in [6.07, 6.45) is 0.784. The highest BCUT2D eigenvalue weighted by Crippen LogP contribution is 2.19. The predicted octanol–water partition coefficient (Wildman–Crippen LogP) is 2.99. The Kier molecular flexibility index (Phi) is 4.91. The average Bonchev–Trinajstić information content (AvgIpc) is 2.48. The van der Waals surface area contributed by atoms with Gasteiger partial charge in [0.2, 0.25) is 0 Å². The molecule has 0 fully saturated rings. The van der Waals surface area contributed by atoms with E-state index >= 15 is 0 Å². The molecule has 3 nitrogen and oxygen atoms in total. The maximum Gasteiger partial charge on any atom is 0.258 e. The second-order valence-electron chi connectivity index (χ2n) is 4.80. The molecule has 0 atom stereocenters. The fraction of sp³-hybridized carbons (Fsp3) is 0.235. The Balaban J connectivity index is 2.30. The molecule has 0 aromatic heterocycles. The van der Waals surface area contributed by atoms with Crippen LogP contribution in [-0.2, 0) is 0 Å². The fourth-order valence-corrected chi connectivity index (χ4v) is 2.13. The van der Waals surface area contributed by atoms with Gasteiger partial charge in [0.15, 0.2) is 0 Å². The first kappa shape index (κ1) is 14.3. The third-order valence-electron chi connectivity index (χ3n) is 3.17. The van der Waals surface area contributed by atoms with E-state index in [1.54, 1.807) is 4.90 Å². The summed E-state index contributed by atoms with van der Waals surface area (Å²) in [6.45, 7) is 3.23. The van der Waals surface area contributed by atoms with E-state index in [9.17, 15) is 4.79 Å². The first-order valence-corrected chi connectivity index (χ1v) is 6.86. The van der Waals surface area contributed by atoms with Gasteiger partial charge < -0.3 is 10.6 Å². The lowest BCUT2D eigenvalue weighted by atomic mass is 10.1. The van der Waals surface area contributed by atoms with Gasteiger partial charge in [0.25, 0.3) is 5.91 Å². The van der Waals surface area contributed by atoms with Crippen LogP contribution in [0, 0.1) is 6.92 Å². The van der Waals surface area contributed by atoms with E-state index in [1.165, 1.54) is 0 Å². The number of hydrogen-bond donors (Lipinski definition) is 1. The van der Waals surface area contributed by atoms with E-state index in [1.807, 2.05) is 61.5 Å². The van der Waals surface area contributed by atoms with Gasteiger partial charge in [0.05, 0.1) is 0 Å². The maximum atomic E-state index is 12.6. The molecular formula is C17H20N2O. The Morgan fingerprint density at radius 1 is 1.10 bits per heavy atom. The van der Waals surface area contributed by atoms with Crippen molar-refractivity contribution in [3.8, 4) is 0 Å². The maximum absolute atomic E-state index is 12.6. The Hall–Kier alpha value is -2.13. The summed E-state index contributed by atoms with van der Waals surface area (Å²) in [7, 11) is 0. The number of amides is 1. The number of rotatable bonds is 5. The quantitative estimate of drug-likeness (QED) is 0.906. The summed E-state index contributed by atoms with van der Waals surface area (Å²) in [5.41, 5.74) is 8.35. The molecule has 2 aromatic rings. The average molecular weight is 268 g/mol. The smallest absolute Gasteiger partial charge is 0.258 e. The van der Waals surface area contributed by atoms with Crippen molar-refractivity contribution < 1.29 is 4.79 Å². The zero-order chi connectivity index (χ0) is 14.4. The van der Waals surface area contributed by atoms with Crippen LogP contribution in [0.3, 0.4) is 0 Å². The van der Waals surface area contributed by atoms with Crippen molar-refractivity contribution >= 4 is 11.6 Å². The summed E-state index contributed by atoms with van der Waals surface area (Å²) < 4.78 is 0. The molecule has 104 valence electrons. The number of nitrogens with two attached hydrogens (primary N) is 1. The monoisotopic (exact) mass is 268 g/mol. The van der Waals surface area contributed by atoms with Crippen LogP contribution < -0.4 is 10.6 Å². The van der Waals surface area contributed by atoms with Gasteiger partial charge in [0, 0.05) is 17.8 Å². The normalized spacial score (nSPS) is 10.3. The predicted molar refractivity (Wildman–Crippen MR) is 83.0 cm³/mol. The minimum Gasteiger partial charge on any atom is -0.330 e. The first-order chi connectivity index (χ1) is 9.72. The second-order valence-corrected chi connectivity index (χ2v) is 4.80. The lowest BCUT2D eigenvalue weighted by molar-refractivity contribution is 0.0987. The molecular weight excluding hydrogens is 248 g/mol. The minimum absolute atomic E-state index is 0.0182. The van der Waals surface area contributed by atoms with E-state index in [0.717, 1.165) is 17.7 Å². The van der Waals surface area contributed by atoms with Crippen molar-refractivity contribution in [3.63, 3.8) is 0 Å². The third kappa shape index (κ3) is 3.45. The molecule has 0 saturated carbocycles. The van der Waals surface area contributed by atoms with Gasteiger partial charge >= 0.3 is 0 Å². The summed E-state index contributed by atoms with van der Waals surface area (Å²) in [6, 6.07) is 17.3. The SMILES string of the molecule is Cc1cccc(N(CCCN)C(=O)c2ccccc2)c1. The molecule has 0 spiro atoms. The number of nitrogens with zero attached hydrogens (tertiary/aromatic N) is 1. The topological polar surface area (TPSA) is 46.3 Å². The zero-order valence-electron chi connectivity index (χ0n) is 11.8. The van der Waals surface area contributed by atoms with Crippen molar-refractivity contribution in [2.75, 3.05) is 18.0 Å². The number of benzene rings is 2. The molecule has 2 aromatic carbocycles. The summed E-state index contributed by atoms with van der Waals surface area (Å²) in [5, 5.41) is 0. The summed E-state index contributed by atoms with van der Waals surface area (Å²) >= 11 is 0. The Morgan fingerprint density at radius 3 is 2.50 bits per heavy atom. The third-order valence-corrected chi connectivity index (χ3v) is 3.17. The molecule has 0 radical (unpaired) electrons. The van der Waals surface area contributed by atoms with Crippen molar-refractivity contribution in [2.45, 2.75) is 13.3 Å². The molecule has 0 aliphatic carbocycles. The van der Waals surface area contributed by atoms with Gasteiger partial charge in [-0.15, -0.1) is 0 Å². The van der Waals surface area contributed by atoms with E-state index < -0.39 is 0 Å². The molecule has 0 saturated heterocycles. The second kappa shape index (κ2) is 6.87. The Labute approximate surface area is 120 Å². The molecule has 1 amide bonds. The summed E-state index contributed by atoms with van der Waals surface area (Å²) in [4.78, 5) is 14.4. The van der Waals surface area contributed by atoms with E-state index in [0.29, 0.717) is 18.7 Å².